The Bertz CT molecular complexity index is 435. The van der Waals surface area contributed by atoms with Crippen molar-refractivity contribution in [2.24, 2.45) is 0 Å². The van der Waals surface area contributed by atoms with Crippen molar-refractivity contribution in [2.45, 2.75) is 24.4 Å². The summed E-state index contributed by atoms with van der Waals surface area (Å²) in [6, 6.07) is 0. The molecule has 0 N–H and O–H groups in total. The Hall–Kier alpha value is -1.68. The molecule has 2 fully saturated rings. The second-order valence-electron chi connectivity index (χ2n) is 5.09. The Labute approximate surface area is 126 Å². The molecule has 0 spiro atoms. The van der Waals surface area contributed by atoms with Crippen LogP contribution in [0, 0.1) is 0 Å². The molecule has 0 radical (unpaired) electrons. The molecule has 21 heavy (non-hydrogen) atoms. The van der Waals surface area contributed by atoms with Crippen molar-refractivity contribution < 1.29 is 14.2 Å². The summed E-state index contributed by atoms with van der Waals surface area (Å²) < 4.78 is 16.8. The molecule has 4 unspecified atom stereocenters. The molecule has 112 valence electrons. The molecule has 2 saturated heterocycles. The zero-order valence-electron chi connectivity index (χ0n) is 12.2. The van der Waals surface area contributed by atoms with E-state index in [4.69, 9.17) is 14.2 Å². The van der Waals surface area contributed by atoms with Gasteiger partial charge >= 0.3 is 0 Å². The van der Waals surface area contributed by atoms with Gasteiger partial charge in [0.1, 0.15) is 24.4 Å². The molecule has 3 nitrogen and oxygen atoms in total. The molecule has 2 heterocycles. The monoisotopic (exact) mass is 286 g/mol. The largest absolute Gasteiger partial charge is 0.370 e. The summed E-state index contributed by atoms with van der Waals surface area (Å²) >= 11 is 0. The van der Waals surface area contributed by atoms with E-state index in [9.17, 15) is 0 Å². The predicted octanol–water partition coefficient (Wildman–Crippen LogP) is 3.13. The lowest BCUT2D eigenvalue weighted by Gasteiger charge is -2.18. The fourth-order valence-electron chi connectivity index (χ4n) is 1.76. The maximum absolute atomic E-state index is 6.11. The standard InChI is InChI=1S/C18H22O3/c1-5-13(3)7-9-15(17-11-19-17)21-16(18-12-20-18)10-8-14(4)6-2/h5-10,15-18H,1-4,11-12H2. The van der Waals surface area contributed by atoms with Crippen LogP contribution in [0.5, 0.6) is 0 Å². The Morgan fingerprint density at radius 3 is 1.57 bits per heavy atom. The quantitative estimate of drug-likeness (QED) is 0.457. The van der Waals surface area contributed by atoms with Crippen molar-refractivity contribution >= 4 is 0 Å². The summed E-state index contributed by atoms with van der Waals surface area (Å²) in [6.45, 7) is 16.5. The molecular formula is C18H22O3. The van der Waals surface area contributed by atoms with Crippen molar-refractivity contribution in [3.63, 3.8) is 0 Å². The summed E-state index contributed by atoms with van der Waals surface area (Å²) in [4.78, 5) is 0. The lowest BCUT2D eigenvalue weighted by Crippen LogP contribution is -2.27. The third kappa shape index (κ3) is 5.31. The van der Waals surface area contributed by atoms with Crippen molar-refractivity contribution in [1.82, 2.24) is 0 Å². The number of allylic oxidation sites excluding steroid dienone is 6. The van der Waals surface area contributed by atoms with Gasteiger partial charge in [-0.25, -0.2) is 0 Å². The minimum atomic E-state index is -0.113. The first kappa shape index (κ1) is 15.7. The van der Waals surface area contributed by atoms with Gasteiger partial charge < -0.3 is 14.2 Å². The third-order valence-electron chi connectivity index (χ3n) is 3.29. The van der Waals surface area contributed by atoms with E-state index < -0.39 is 0 Å². The van der Waals surface area contributed by atoms with E-state index >= 15 is 0 Å². The molecule has 3 heteroatoms. The first-order chi connectivity index (χ1) is 10.1. The normalized spacial score (nSPS) is 26.5. The van der Waals surface area contributed by atoms with Gasteiger partial charge in [-0.3, -0.25) is 0 Å². The minimum Gasteiger partial charge on any atom is -0.370 e. The second kappa shape index (κ2) is 7.36. The van der Waals surface area contributed by atoms with Crippen LogP contribution in [0.25, 0.3) is 0 Å². The molecule has 0 aromatic carbocycles. The molecule has 0 saturated carbocycles. The van der Waals surface area contributed by atoms with Crippen LogP contribution in [0.4, 0.5) is 0 Å². The third-order valence-corrected chi connectivity index (χ3v) is 3.29. The lowest BCUT2D eigenvalue weighted by molar-refractivity contribution is 0.0115. The fourth-order valence-corrected chi connectivity index (χ4v) is 1.76. The van der Waals surface area contributed by atoms with Crippen LogP contribution in [0.3, 0.4) is 0 Å². The minimum absolute atomic E-state index is 0.108. The highest BCUT2D eigenvalue weighted by Gasteiger charge is 2.38. The molecule has 0 aromatic rings. The zero-order chi connectivity index (χ0) is 15.2. The second-order valence-corrected chi connectivity index (χ2v) is 5.09. The van der Waals surface area contributed by atoms with Crippen LogP contribution in [0.15, 0.2) is 73.9 Å². The molecule has 0 amide bonds. The van der Waals surface area contributed by atoms with Gasteiger partial charge in [-0.15, -0.1) is 0 Å². The number of ether oxygens (including phenoxy) is 3. The average Bonchev–Trinajstić information content (AvgIpc) is 3.37. The number of hydrogen-bond donors (Lipinski definition) is 0. The van der Waals surface area contributed by atoms with Crippen LogP contribution in [0.1, 0.15) is 0 Å². The molecule has 0 bridgehead atoms. The van der Waals surface area contributed by atoms with Crippen LogP contribution < -0.4 is 0 Å². The highest BCUT2D eigenvalue weighted by Crippen LogP contribution is 2.26. The highest BCUT2D eigenvalue weighted by atomic mass is 16.6. The Balaban J connectivity index is 1.98. The van der Waals surface area contributed by atoms with Gasteiger partial charge in [0.15, 0.2) is 0 Å². The van der Waals surface area contributed by atoms with Crippen molar-refractivity contribution in [1.29, 1.82) is 0 Å². The fraction of sp³-hybridized carbons (Fsp3) is 0.333. The van der Waals surface area contributed by atoms with Crippen LogP contribution in [-0.2, 0) is 14.2 Å². The maximum Gasteiger partial charge on any atom is 0.111 e. The zero-order valence-corrected chi connectivity index (χ0v) is 12.2. The van der Waals surface area contributed by atoms with E-state index in [0.29, 0.717) is 0 Å². The molecular weight excluding hydrogens is 264 g/mol. The van der Waals surface area contributed by atoms with Crippen molar-refractivity contribution in [3.05, 3.63) is 73.9 Å². The van der Waals surface area contributed by atoms with Gasteiger partial charge in [-0.1, -0.05) is 62.8 Å². The van der Waals surface area contributed by atoms with E-state index in [2.05, 4.69) is 26.3 Å². The molecule has 2 aliphatic rings. The number of hydrogen-bond acceptors (Lipinski definition) is 3. The Morgan fingerprint density at radius 2 is 1.29 bits per heavy atom. The molecule has 0 aromatic heterocycles. The smallest absolute Gasteiger partial charge is 0.111 e. The maximum atomic E-state index is 6.11. The van der Waals surface area contributed by atoms with E-state index in [1.165, 1.54) is 0 Å². The van der Waals surface area contributed by atoms with E-state index in [1.54, 1.807) is 12.2 Å². The summed E-state index contributed by atoms with van der Waals surface area (Å²) in [5, 5.41) is 0. The van der Waals surface area contributed by atoms with Gasteiger partial charge in [0.25, 0.3) is 0 Å². The number of epoxide rings is 2. The van der Waals surface area contributed by atoms with Crippen molar-refractivity contribution in [2.75, 3.05) is 13.2 Å². The summed E-state index contributed by atoms with van der Waals surface area (Å²) in [5.41, 5.74) is 1.69. The van der Waals surface area contributed by atoms with Gasteiger partial charge in [-0.05, 0) is 11.1 Å². The van der Waals surface area contributed by atoms with E-state index in [0.717, 1.165) is 24.4 Å². The molecule has 0 aliphatic carbocycles. The topological polar surface area (TPSA) is 34.3 Å². The summed E-state index contributed by atoms with van der Waals surface area (Å²) in [6.07, 6.45) is 11.1. The first-order valence-electron chi connectivity index (χ1n) is 7.01. The molecule has 2 aliphatic heterocycles. The van der Waals surface area contributed by atoms with Crippen LogP contribution >= 0.6 is 0 Å². The molecule has 4 atom stereocenters. The van der Waals surface area contributed by atoms with Crippen molar-refractivity contribution in [3.8, 4) is 0 Å². The van der Waals surface area contributed by atoms with Crippen LogP contribution in [0.2, 0.25) is 0 Å². The van der Waals surface area contributed by atoms with E-state index in [1.807, 2.05) is 24.3 Å². The van der Waals surface area contributed by atoms with Gasteiger partial charge in [0, 0.05) is 0 Å². The van der Waals surface area contributed by atoms with E-state index in [-0.39, 0.29) is 24.4 Å². The van der Waals surface area contributed by atoms with Gasteiger partial charge in [0.05, 0.1) is 13.2 Å². The first-order valence-corrected chi connectivity index (χ1v) is 7.01. The highest BCUT2D eigenvalue weighted by molar-refractivity contribution is 5.28. The predicted molar refractivity (Wildman–Crippen MR) is 85.1 cm³/mol. The molecule has 2 rings (SSSR count). The lowest BCUT2D eigenvalue weighted by atomic mass is 10.1. The van der Waals surface area contributed by atoms with Gasteiger partial charge in [0.2, 0.25) is 0 Å². The number of rotatable bonds is 10. The Morgan fingerprint density at radius 1 is 0.905 bits per heavy atom. The summed E-state index contributed by atoms with van der Waals surface area (Å²) in [5.74, 6) is 0. The Kier molecular flexibility index (Phi) is 5.51. The SMILES string of the molecule is C=CC(=C)C=CC(OC(C=CC(=C)C=C)C1CO1)C1CO1. The van der Waals surface area contributed by atoms with Gasteiger partial charge in [-0.2, -0.15) is 0 Å². The van der Waals surface area contributed by atoms with Crippen LogP contribution in [-0.4, -0.2) is 37.6 Å². The average molecular weight is 286 g/mol. The summed E-state index contributed by atoms with van der Waals surface area (Å²) in [7, 11) is 0.